The first kappa shape index (κ1) is 18.7. The van der Waals surface area contributed by atoms with Gasteiger partial charge in [0.1, 0.15) is 5.69 Å². The van der Waals surface area contributed by atoms with E-state index in [-0.39, 0.29) is 29.5 Å². The van der Waals surface area contributed by atoms with Crippen molar-refractivity contribution in [3.63, 3.8) is 0 Å². The van der Waals surface area contributed by atoms with Gasteiger partial charge in [-0.15, -0.1) is 0 Å². The molecule has 1 fully saturated rings. The number of aromatic nitrogens is 2. The highest BCUT2D eigenvalue weighted by Crippen LogP contribution is 2.26. The Balaban J connectivity index is 1.57. The molecule has 1 aliphatic heterocycles. The first-order chi connectivity index (χ1) is 14.0. The van der Waals surface area contributed by atoms with Gasteiger partial charge in [-0.1, -0.05) is 36.4 Å². The van der Waals surface area contributed by atoms with Crippen LogP contribution in [0.25, 0.3) is 5.69 Å². The molecule has 3 aromatic rings. The number of nitrogens with one attached hydrogen (secondary N) is 1. The van der Waals surface area contributed by atoms with Crippen LogP contribution in [0.1, 0.15) is 12.1 Å². The monoisotopic (exact) mass is 390 g/mol. The van der Waals surface area contributed by atoms with Gasteiger partial charge < -0.3 is 10.2 Å². The SMILES string of the molecule is Cc1c(NC(=O)C2CC(=O)N(c3ccccc3)C2)c(=O)n(-c2ccccc2)n1C. The molecule has 0 spiro atoms. The van der Waals surface area contributed by atoms with Gasteiger partial charge >= 0.3 is 0 Å². The van der Waals surface area contributed by atoms with E-state index in [1.165, 1.54) is 4.68 Å². The van der Waals surface area contributed by atoms with Gasteiger partial charge in [0.05, 0.1) is 17.3 Å². The first-order valence-electron chi connectivity index (χ1n) is 9.47. The second kappa shape index (κ2) is 7.43. The van der Waals surface area contributed by atoms with Crippen LogP contribution in [0, 0.1) is 12.8 Å². The minimum absolute atomic E-state index is 0.0946. The van der Waals surface area contributed by atoms with Gasteiger partial charge in [-0.05, 0) is 31.2 Å². The summed E-state index contributed by atoms with van der Waals surface area (Å²) >= 11 is 0. The smallest absolute Gasteiger partial charge is 0.295 e. The third kappa shape index (κ3) is 3.35. The van der Waals surface area contributed by atoms with Crippen molar-refractivity contribution in [3.05, 3.63) is 76.7 Å². The van der Waals surface area contributed by atoms with Gasteiger partial charge in [0.25, 0.3) is 5.56 Å². The van der Waals surface area contributed by atoms with E-state index in [1.807, 2.05) is 60.7 Å². The quantitative estimate of drug-likeness (QED) is 0.744. The Morgan fingerprint density at radius 2 is 1.55 bits per heavy atom. The molecular weight excluding hydrogens is 368 g/mol. The molecular formula is C22H22N4O3. The summed E-state index contributed by atoms with van der Waals surface area (Å²) in [6, 6.07) is 18.5. The van der Waals surface area contributed by atoms with Crippen LogP contribution < -0.4 is 15.8 Å². The maximum Gasteiger partial charge on any atom is 0.295 e. The van der Waals surface area contributed by atoms with Crippen molar-refractivity contribution in [1.82, 2.24) is 9.36 Å². The van der Waals surface area contributed by atoms with E-state index >= 15 is 0 Å². The van der Waals surface area contributed by atoms with Gasteiger partial charge in [-0.25, -0.2) is 4.68 Å². The highest BCUT2D eigenvalue weighted by atomic mass is 16.2. The van der Waals surface area contributed by atoms with Crippen LogP contribution in [0.3, 0.4) is 0 Å². The summed E-state index contributed by atoms with van der Waals surface area (Å²) < 4.78 is 3.23. The van der Waals surface area contributed by atoms with Gasteiger partial charge in [0.15, 0.2) is 0 Å². The zero-order valence-corrected chi connectivity index (χ0v) is 16.3. The van der Waals surface area contributed by atoms with Crippen LogP contribution in [0.15, 0.2) is 65.5 Å². The maximum absolute atomic E-state index is 13.0. The lowest BCUT2D eigenvalue weighted by Crippen LogP contribution is -2.29. The molecule has 1 aliphatic rings. The van der Waals surface area contributed by atoms with Crippen LogP contribution in [0.4, 0.5) is 11.4 Å². The molecule has 0 bridgehead atoms. The van der Waals surface area contributed by atoms with E-state index in [4.69, 9.17) is 0 Å². The minimum atomic E-state index is -0.508. The second-order valence-electron chi connectivity index (χ2n) is 7.17. The molecule has 0 saturated carbocycles. The molecule has 7 heteroatoms. The van der Waals surface area contributed by atoms with E-state index in [0.29, 0.717) is 12.2 Å². The molecule has 29 heavy (non-hydrogen) atoms. The third-order valence-corrected chi connectivity index (χ3v) is 5.37. The third-order valence-electron chi connectivity index (χ3n) is 5.37. The molecule has 1 atom stereocenters. The van der Waals surface area contributed by atoms with E-state index in [2.05, 4.69) is 5.32 Å². The average molecular weight is 390 g/mol. The zero-order chi connectivity index (χ0) is 20.5. The predicted molar refractivity (Wildman–Crippen MR) is 111 cm³/mol. The topological polar surface area (TPSA) is 76.3 Å². The molecule has 1 saturated heterocycles. The Kier molecular flexibility index (Phi) is 4.80. The molecule has 0 radical (unpaired) electrons. The highest BCUT2D eigenvalue weighted by molar-refractivity contribution is 6.03. The first-order valence-corrected chi connectivity index (χ1v) is 9.47. The summed E-state index contributed by atoms with van der Waals surface area (Å²) in [4.78, 5) is 39.8. The number of rotatable bonds is 4. The second-order valence-corrected chi connectivity index (χ2v) is 7.17. The van der Waals surface area contributed by atoms with Crippen molar-refractivity contribution in [2.75, 3.05) is 16.8 Å². The summed E-state index contributed by atoms with van der Waals surface area (Å²) in [7, 11) is 1.77. The summed E-state index contributed by atoms with van der Waals surface area (Å²) in [5.74, 6) is -0.919. The fraction of sp³-hybridized carbons (Fsp3) is 0.227. The van der Waals surface area contributed by atoms with Crippen LogP contribution in [0.5, 0.6) is 0 Å². The van der Waals surface area contributed by atoms with E-state index in [1.54, 1.807) is 23.6 Å². The van der Waals surface area contributed by atoms with Crippen LogP contribution >= 0.6 is 0 Å². The molecule has 2 aromatic carbocycles. The van der Waals surface area contributed by atoms with Crippen LogP contribution in [-0.4, -0.2) is 27.7 Å². The molecule has 1 unspecified atom stereocenters. The van der Waals surface area contributed by atoms with Crippen LogP contribution in [0.2, 0.25) is 0 Å². The van der Waals surface area contributed by atoms with Gasteiger partial charge in [0.2, 0.25) is 11.8 Å². The van der Waals surface area contributed by atoms with Crippen molar-refractivity contribution in [2.24, 2.45) is 13.0 Å². The molecule has 1 N–H and O–H groups in total. The van der Waals surface area contributed by atoms with Crippen LogP contribution in [-0.2, 0) is 16.6 Å². The van der Waals surface area contributed by atoms with E-state index in [0.717, 1.165) is 11.4 Å². The molecule has 0 aliphatic carbocycles. The average Bonchev–Trinajstić information content (AvgIpc) is 3.23. The van der Waals surface area contributed by atoms with E-state index < -0.39 is 5.92 Å². The number of hydrogen-bond acceptors (Lipinski definition) is 3. The van der Waals surface area contributed by atoms with Crippen molar-refractivity contribution in [1.29, 1.82) is 0 Å². The lowest BCUT2D eigenvalue weighted by atomic mass is 10.1. The van der Waals surface area contributed by atoms with Gasteiger partial charge in [-0.3, -0.25) is 19.1 Å². The molecule has 2 heterocycles. The Morgan fingerprint density at radius 1 is 0.966 bits per heavy atom. The maximum atomic E-state index is 13.0. The largest absolute Gasteiger partial charge is 0.320 e. The Labute approximate surface area is 168 Å². The molecule has 2 amide bonds. The summed E-state index contributed by atoms with van der Waals surface area (Å²) in [6.07, 6.45) is 0.124. The molecule has 148 valence electrons. The number of amides is 2. The minimum Gasteiger partial charge on any atom is -0.320 e. The van der Waals surface area contributed by atoms with Gasteiger partial charge in [-0.2, -0.15) is 0 Å². The van der Waals surface area contributed by atoms with Crippen molar-refractivity contribution < 1.29 is 9.59 Å². The number of carbonyl (C=O) groups is 2. The van der Waals surface area contributed by atoms with Crippen molar-refractivity contribution in [3.8, 4) is 5.69 Å². The number of benzene rings is 2. The number of carbonyl (C=O) groups excluding carboxylic acids is 2. The number of anilines is 2. The number of nitrogens with zero attached hydrogens (tertiary/aromatic N) is 3. The van der Waals surface area contributed by atoms with Gasteiger partial charge in [0, 0.05) is 25.7 Å². The standard InChI is InChI=1S/C22H22N4O3/c1-15-20(22(29)26(24(15)2)18-11-7-4-8-12-18)23-21(28)16-13-19(27)25(14-16)17-9-5-3-6-10-17/h3-12,16H,13-14H2,1-2H3,(H,23,28). The summed E-state index contributed by atoms with van der Waals surface area (Å²) in [5.41, 5.74) is 2.09. The zero-order valence-electron chi connectivity index (χ0n) is 16.3. The van der Waals surface area contributed by atoms with E-state index in [9.17, 15) is 14.4 Å². The summed E-state index contributed by atoms with van der Waals surface area (Å²) in [6.45, 7) is 2.08. The fourth-order valence-corrected chi connectivity index (χ4v) is 3.68. The molecule has 1 aromatic heterocycles. The van der Waals surface area contributed by atoms with Crippen molar-refractivity contribution >= 4 is 23.2 Å². The number of para-hydroxylation sites is 2. The predicted octanol–water partition coefficient (Wildman–Crippen LogP) is 2.48. The normalized spacial score (nSPS) is 16.3. The Hall–Kier alpha value is -3.61. The number of hydrogen-bond donors (Lipinski definition) is 1. The lowest BCUT2D eigenvalue weighted by Gasteiger charge is -2.16. The molecule has 4 rings (SSSR count). The Bertz CT molecular complexity index is 1120. The Morgan fingerprint density at radius 3 is 2.17 bits per heavy atom. The lowest BCUT2D eigenvalue weighted by molar-refractivity contribution is -0.122. The van der Waals surface area contributed by atoms with Crippen molar-refractivity contribution in [2.45, 2.75) is 13.3 Å². The fourth-order valence-electron chi connectivity index (χ4n) is 3.68. The summed E-state index contributed by atoms with van der Waals surface area (Å²) in [5, 5.41) is 2.77. The highest BCUT2D eigenvalue weighted by Gasteiger charge is 2.35. The molecule has 7 nitrogen and oxygen atoms in total.